The molecule has 0 aromatic rings. The molecular weight excluding hydrogens is 164 g/mol. The monoisotopic (exact) mass is 188 g/mol. The van der Waals surface area contributed by atoms with Crippen LogP contribution in [-0.4, -0.2) is 39.4 Å². The van der Waals surface area contributed by atoms with E-state index >= 15 is 0 Å². The summed E-state index contributed by atoms with van der Waals surface area (Å²) in [6.07, 6.45) is 2.53. The number of unbranched alkanes of at least 4 members (excludes halogenated alkanes) is 1. The van der Waals surface area contributed by atoms with Gasteiger partial charge in [-0.3, -0.25) is 0 Å². The molecule has 13 heavy (non-hydrogen) atoms. The van der Waals surface area contributed by atoms with Gasteiger partial charge < -0.3 is 15.4 Å². The van der Waals surface area contributed by atoms with Gasteiger partial charge in [-0.25, -0.2) is 0 Å². The van der Waals surface area contributed by atoms with Crippen LogP contribution >= 0.6 is 0 Å². The lowest BCUT2D eigenvalue weighted by Crippen LogP contribution is -2.37. The van der Waals surface area contributed by atoms with Gasteiger partial charge in [-0.2, -0.15) is 0 Å². The summed E-state index contributed by atoms with van der Waals surface area (Å²) in [6.45, 7) is 8.30. The van der Waals surface area contributed by atoms with Crippen molar-refractivity contribution in [3.8, 4) is 0 Å². The van der Waals surface area contributed by atoms with E-state index in [-0.39, 0.29) is 0 Å². The van der Waals surface area contributed by atoms with Crippen LogP contribution in [0.1, 0.15) is 26.7 Å². The number of hydrogen-bond donors (Lipinski definition) is 2. The normalized spacial score (nSPS) is 13.2. The fraction of sp³-hybridized carbons (Fsp3) is 1.00. The maximum atomic E-state index is 4.94. The topological polar surface area (TPSA) is 33.3 Å². The first-order valence-electron chi connectivity index (χ1n) is 5.24. The summed E-state index contributed by atoms with van der Waals surface area (Å²) >= 11 is 0. The van der Waals surface area contributed by atoms with Gasteiger partial charge in [0.05, 0.1) is 6.61 Å². The van der Waals surface area contributed by atoms with Gasteiger partial charge in [-0.05, 0) is 19.9 Å². The highest BCUT2D eigenvalue weighted by atomic mass is 16.5. The molecule has 80 valence electrons. The second-order valence-electron chi connectivity index (χ2n) is 3.41. The molecule has 0 spiro atoms. The van der Waals surface area contributed by atoms with Gasteiger partial charge in [-0.1, -0.05) is 13.3 Å². The average Bonchev–Trinajstić information content (AvgIpc) is 2.13. The van der Waals surface area contributed by atoms with E-state index in [4.69, 9.17) is 4.74 Å². The van der Waals surface area contributed by atoms with Crippen LogP contribution < -0.4 is 10.6 Å². The van der Waals surface area contributed by atoms with Crippen molar-refractivity contribution in [2.75, 3.05) is 33.4 Å². The Hall–Kier alpha value is -0.120. The molecule has 0 aliphatic heterocycles. The molecule has 0 fully saturated rings. The first-order valence-corrected chi connectivity index (χ1v) is 5.24. The Morgan fingerprint density at radius 1 is 1.31 bits per heavy atom. The van der Waals surface area contributed by atoms with Crippen LogP contribution in [0.25, 0.3) is 0 Å². The quantitative estimate of drug-likeness (QED) is 0.530. The van der Waals surface area contributed by atoms with Gasteiger partial charge in [0.15, 0.2) is 0 Å². The second kappa shape index (κ2) is 9.96. The van der Waals surface area contributed by atoms with E-state index in [1.165, 1.54) is 12.8 Å². The standard InChI is InChI=1S/C10H24N2O/c1-4-5-6-12-10(2)9-11-7-8-13-3/h10-12H,4-9H2,1-3H3. The molecule has 0 aliphatic carbocycles. The van der Waals surface area contributed by atoms with Crippen LogP contribution in [-0.2, 0) is 4.74 Å². The first-order chi connectivity index (χ1) is 6.31. The lowest BCUT2D eigenvalue weighted by Gasteiger charge is -2.13. The molecule has 0 aromatic heterocycles. The third-order valence-corrected chi connectivity index (χ3v) is 1.96. The fourth-order valence-corrected chi connectivity index (χ4v) is 1.09. The lowest BCUT2D eigenvalue weighted by molar-refractivity contribution is 0.198. The number of ether oxygens (including phenoxy) is 1. The zero-order chi connectivity index (χ0) is 9.94. The van der Waals surface area contributed by atoms with Crippen molar-refractivity contribution in [1.82, 2.24) is 10.6 Å². The SMILES string of the molecule is CCCCNC(C)CNCCOC. The number of nitrogens with one attached hydrogen (secondary N) is 2. The molecule has 0 bridgehead atoms. The summed E-state index contributed by atoms with van der Waals surface area (Å²) in [4.78, 5) is 0. The predicted octanol–water partition coefficient (Wildman–Crippen LogP) is 1.00. The van der Waals surface area contributed by atoms with Crippen molar-refractivity contribution in [1.29, 1.82) is 0 Å². The Kier molecular flexibility index (Phi) is 9.87. The summed E-state index contributed by atoms with van der Waals surface area (Å²) < 4.78 is 4.94. The molecule has 2 N–H and O–H groups in total. The molecule has 0 saturated carbocycles. The molecule has 0 saturated heterocycles. The summed E-state index contributed by atoms with van der Waals surface area (Å²) in [5.74, 6) is 0. The molecule has 0 heterocycles. The Bertz CT molecular complexity index is 98.9. The van der Waals surface area contributed by atoms with Crippen LogP contribution in [0.4, 0.5) is 0 Å². The van der Waals surface area contributed by atoms with Gasteiger partial charge in [0, 0.05) is 26.2 Å². The van der Waals surface area contributed by atoms with E-state index in [2.05, 4.69) is 24.5 Å². The Labute approximate surface area is 82.2 Å². The first kappa shape index (κ1) is 12.9. The highest BCUT2D eigenvalue weighted by Crippen LogP contribution is 1.85. The van der Waals surface area contributed by atoms with Gasteiger partial charge in [-0.15, -0.1) is 0 Å². The molecular formula is C10H24N2O. The van der Waals surface area contributed by atoms with Gasteiger partial charge in [0.25, 0.3) is 0 Å². The summed E-state index contributed by atoms with van der Waals surface area (Å²) in [5.41, 5.74) is 0. The van der Waals surface area contributed by atoms with Crippen LogP contribution in [0.3, 0.4) is 0 Å². The third-order valence-electron chi connectivity index (χ3n) is 1.96. The van der Waals surface area contributed by atoms with Gasteiger partial charge in [0.1, 0.15) is 0 Å². The minimum absolute atomic E-state index is 0.559. The van der Waals surface area contributed by atoms with Crippen molar-refractivity contribution in [2.45, 2.75) is 32.7 Å². The molecule has 0 aliphatic rings. The molecule has 0 rings (SSSR count). The summed E-state index contributed by atoms with van der Waals surface area (Å²) in [6, 6.07) is 0.559. The van der Waals surface area contributed by atoms with Crippen LogP contribution in [0.5, 0.6) is 0 Å². The van der Waals surface area contributed by atoms with Crippen molar-refractivity contribution in [3.63, 3.8) is 0 Å². The third kappa shape index (κ3) is 9.80. The average molecular weight is 188 g/mol. The summed E-state index contributed by atoms with van der Waals surface area (Å²) in [7, 11) is 1.73. The molecule has 3 nitrogen and oxygen atoms in total. The van der Waals surface area contributed by atoms with E-state index in [1.54, 1.807) is 7.11 Å². The largest absolute Gasteiger partial charge is 0.383 e. The van der Waals surface area contributed by atoms with Crippen molar-refractivity contribution >= 4 is 0 Å². The number of rotatable bonds is 9. The molecule has 0 amide bonds. The minimum Gasteiger partial charge on any atom is -0.383 e. The van der Waals surface area contributed by atoms with E-state index in [9.17, 15) is 0 Å². The van der Waals surface area contributed by atoms with Crippen LogP contribution in [0.15, 0.2) is 0 Å². The van der Waals surface area contributed by atoms with Crippen LogP contribution in [0, 0.1) is 0 Å². The van der Waals surface area contributed by atoms with E-state index < -0.39 is 0 Å². The Balaban J connectivity index is 3.05. The highest BCUT2D eigenvalue weighted by molar-refractivity contribution is 4.63. The fourth-order valence-electron chi connectivity index (χ4n) is 1.09. The molecule has 1 unspecified atom stereocenters. The highest BCUT2D eigenvalue weighted by Gasteiger charge is 1.98. The second-order valence-corrected chi connectivity index (χ2v) is 3.41. The zero-order valence-corrected chi connectivity index (χ0v) is 9.23. The molecule has 0 aromatic carbocycles. The van der Waals surface area contributed by atoms with Gasteiger partial charge in [0.2, 0.25) is 0 Å². The maximum absolute atomic E-state index is 4.94. The smallest absolute Gasteiger partial charge is 0.0587 e. The predicted molar refractivity (Wildman–Crippen MR) is 57.1 cm³/mol. The maximum Gasteiger partial charge on any atom is 0.0587 e. The Morgan fingerprint density at radius 3 is 2.69 bits per heavy atom. The number of hydrogen-bond acceptors (Lipinski definition) is 3. The van der Waals surface area contributed by atoms with E-state index in [0.29, 0.717) is 6.04 Å². The van der Waals surface area contributed by atoms with Crippen LogP contribution in [0.2, 0.25) is 0 Å². The molecule has 0 radical (unpaired) electrons. The van der Waals surface area contributed by atoms with Crippen molar-refractivity contribution < 1.29 is 4.74 Å². The minimum atomic E-state index is 0.559. The molecule has 3 heteroatoms. The number of methoxy groups -OCH3 is 1. The summed E-state index contributed by atoms with van der Waals surface area (Å²) in [5, 5.41) is 6.78. The van der Waals surface area contributed by atoms with Crippen molar-refractivity contribution in [3.05, 3.63) is 0 Å². The lowest BCUT2D eigenvalue weighted by atomic mass is 10.3. The van der Waals surface area contributed by atoms with Gasteiger partial charge >= 0.3 is 0 Å². The zero-order valence-electron chi connectivity index (χ0n) is 9.23. The molecule has 1 atom stereocenters. The van der Waals surface area contributed by atoms with E-state index in [1.807, 2.05) is 0 Å². The van der Waals surface area contributed by atoms with E-state index in [0.717, 1.165) is 26.2 Å². The van der Waals surface area contributed by atoms with Crippen molar-refractivity contribution in [2.24, 2.45) is 0 Å². The Morgan fingerprint density at radius 2 is 2.08 bits per heavy atom.